The van der Waals surface area contributed by atoms with Gasteiger partial charge >= 0.3 is 0 Å². The van der Waals surface area contributed by atoms with Gasteiger partial charge in [-0.2, -0.15) is 4.31 Å². The summed E-state index contributed by atoms with van der Waals surface area (Å²) in [5, 5.41) is 9.39. The molecule has 1 N–H and O–H groups in total. The highest BCUT2D eigenvalue weighted by molar-refractivity contribution is 9.10. The number of benzene rings is 1. The number of halogens is 3. The van der Waals surface area contributed by atoms with Crippen LogP contribution in [0.2, 0.25) is 10.0 Å². The van der Waals surface area contributed by atoms with E-state index < -0.39 is 16.1 Å². The monoisotopic (exact) mass is 387 g/mol. The van der Waals surface area contributed by atoms with Gasteiger partial charge in [0.2, 0.25) is 10.0 Å². The number of aliphatic hydroxyl groups excluding tert-OH is 1. The number of hydrogen-bond donors (Lipinski definition) is 1. The van der Waals surface area contributed by atoms with Crippen molar-refractivity contribution in [2.24, 2.45) is 0 Å². The van der Waals surface area contributed by atoms with Crippen molar-refractivity contribution in [3.05, 3.63) is 26.7 Å². The molecule has 0 aliphatic carbocycles. The van der Waals surface area contributed by atoms with Crippen molar-refractivity contribution in [1.82, 2.24) is 4.31 Å². The maximum Gasteiger partial charge on any atom is 0.246 e. The van der Waals surface area contributed by atoms with Gasteiger partial charge < -0.3 is 5.11 Å². The Balaban J connectivity index is 2.51. The zero-order valence-corrected chi connectivity index (χ0v) is 13.7. The van der Waals surface area contributed by atoms with Gasteiger partial charge in [-0.05, 0) is 25.0 Å². The Morgan fingerprint density at radius 2 is 1.95 bits per heavy atom. The van der Waals surface area contributed by atoms with Gasteiger partial charge in [0.05, 0.1) is 16.7 Å². The Hall–Kier alpha value is 0.150. The first-order valence-corrected chi connectivity index (χ1v) is 8.64. The average Bonchev–Trinajstić information content (AvgIpc) is 2.75. The van der Waals surface area contributed by atoms with Gasteiger partial charge in [-0.15, -0.1) is 0 Å². The van der Waals surface area contributed by atoms with Gasteiger partial charge in [0, 0.05) is 17.1 Å². The second-order valence-corrected chi connectivity index (χ2v) is 7.85. The Bertz CT molecular complexity index is 571. The summed E-state index contributed by atoms with van der Waals surface area (Å²) in [6.45, 7) is 0.168. The van der Waals surface area contributed by atoms with E-state index in [2.05, 4.69) is 15.9 Å². The lowest BCUT2D eigenvalue weighted by atomic mass is 10.2. The summed E-state index contributed by atoms with van der Waals surface area (Å²) >= 11 is 15.2. The van der Waals surface area contributed by atoms with Crippen molar-refractivity contribution in [2.75, 3.05) is 13.2 Å². The summed E-state index contributed by atoms with van der Waals surface area (Å²) in [6, 6.07) is 2.58. The van der Waals surface area contributed by atoms with E-state index in [0.29, 0.717) is 17.4 Å². The highest BCUT2D eigenvalue weighted by atomic mass is 79.9. The van der Waals surface area contributed by atoms with Crippen molar-refractivity contribution in [3.63, 3.8) is 0 Å². The summed E-state index contributed by atoms with van der Waals surface area (Å²) in [5.74, 6) is 0. The van der Waals surface area contributed by atoms with E-state index in [4.69, 9.17) is 23.2 Å². The van der Waals surface area contributed by atoms with E-state index in [1.54, 1.807) is 0 Å². The lowest BCUT2D eigenvalue weighted by molar-refractivity contribution is 0.213. The highest BCUT2D eigenvalue weighted by Gasteiger charge is 2.37. The van der Waals surface area contributed by atoms with E-state index in [9.17, 15) is 13.5 Å². The fraction of sp³-hybridized carbons (Fsp3) is 0.455. The first-order chi connectivity index (χ1) is 8.87. The molecule has 19 heavy (non-hydrogen) atoms. The van der Waals surface area contributed by atoms with Gasteiger partial charge in [0.15, 0.2) is 0 Å². The van der Waals surface area contributed by atoms with E-state index in [-0.39, 0.29) is 21.5 Å². The smallest absolute Gasteiger partial charge is 0.246 e. The molecule has 1 aromatic rings. The zero-order chi connectivity index (χ0) is 14.2. The summed E-state index contributed by atoms with van der Waals surface area (Å²) < 4.78 is 27.1. The lowest BCUT2D eigenvalue weighted by Gasteiger charge is -2.23. The number of sulfonamides is 1. The molecule has 1 aromatic carbocycles. The van der Waals surface area contributed by atoms with Crippen molar-refractivity contribution < 1.29 is 13.5 Å². The molecule has 8 heteroatoms. The fourth-order valence-electron chi connectivity index (χ4n) is 2.20. The van der Waals surface area contributed by atoms with Crippen LogP contribution in [0.15, 0.2) is 21.5 Å². The molecular formula is C11H12BrCl2NO3S. The van der Waals surface area contributed by atoms with Crippen LogP contribution in [0.25, 0.3) is 0 Å². The van der Waals surface area contributed by atoms with Crippen LogP contribution in [0.4, 0.5) is 0 Å². The Morgan fingerprint density at radius 1 is 1.37 bits per heavy atom. The van der Waals surface area contributed by atoms with Crippen LogP contribution in [0.1, 0.15) is 12.8 Å². The second kappa shape index (κ2) is 5.87. The first kappa shape index (κ1) is 15.5. The summed E-state index contributed by atoms with van der Waals surface area (Å²) in [6.07, 6.45) is 1.36. The van der Waals surface area contributed by atoms with Crippen LogP contribution in [-0.4, -0.2) is 37.0 Å². The fourth-order valence-corrected chi connectivity index (χ4v) is 5.77. The third-order valence-electron chi connectivity index (χ3n) is 3.06. The van der Waals surface area contributed by atoms with Gasteiger partial charge in [-0.25, -0.2) is 8.42 Å². The van der Waals surface area contributed by atoms with E-state index in [0.717, 1.165) is 6.42 Å². The van der Waals surface area contributed by atoms with Gasteiger partial charge in [-0.1, -0.05) is 39.1 Å². The molecule has 0 amide bonds. The first-order valence-electron chi connectivity index (χ1n) is 5.65. The largest absolute Gasteiger partial charge is 0.395 e. The highest BCUT2D eigenvalue weighted by Crippen LogP contribution is 2.36. The van der Waals surface area contributed by atoms with Crippen LogP contribution in [0.5, 0.6) is 0 Å². The molecule has 1 saturated heterocycles. The van der Waals surface area contributed by atoms with Gasteiger partial charge in [0.1, 0.15) is 4.90 Å². The lowest BCUT2D eigenvalue weighted by Crippen LogP contribution is -2.37. The van der Waals surface area contributed by atoms with Crippen LogP contribution < -0.4 is 0 Å². The molecule has 1 atom stereocenters. The topological polar surface area (TPSA) is 57.6 Å². The molecule has 0 aromatic heterocycles. The Labute approximate surface area is 130 Å². The predicted octanol–water partition coefficient (Wildman–Crippen LogP) is 2.90. The normalized spacial score (nSPS) is 20.9. The average molecular weight is 389 g/mol. The molecule has 1 aliphatic heterocycles. The summed E-state index contributed by atoms with van der Waals surface area (Å²) in [7, 11) is -3.79. The van der Waals surface area contributed by atoms with E-state index in [1.165, 1.54) is 16.4 Å². The maximum absolute atomic E-state index is 12.6. The second-order valence-electron chi connectivity index (χ2n) is 4.29. The minimum absolute atomic E-state index is 0.0722. The third-order valence-corrected chi connectivity index (χ3v) is 6.40. The van der Waals surface area contributed by atoms with Crippen molar-refractivity contribution >= 4 is 49.2 Å². The number of hydrogen-bond acceptors (Lipinski definition) is 3. The number of nitrogens with zero attached hydrogens (tertiary/aromatic N) is 1. The Morgan fingerprint density at radius 3 is 2.47 bits per heavy atom. The molecule has 0 radical (unpaired) electrons. The number of aliphatic hydroxyl groups is 1. The quantitative estimate of drug-likeness (QED) is 0.865. The molecule has 2 rings (SSSR count). The molecule has 0 bridgehead atoms. The van der Waals surface area contributed by atoms with Crippen molar-refractivity contribution in [1.29, 1.82) is 0 Å². The van der Waals surface area contributed by atoms with E-state index >= 15 is 0 Å². The maximum atomic E-state index is 12.6. The number of rotatable bonds is 3. The predicted molar refractivity (Wildman–Crippen MR) is 78.2 cm³/mol. The van der Waals surface area contributed by atoms with Crippen LogP contribution in [-0.2, 0) is 10.0 Å². The minimum atomic E-state index is -3.79. The van der Waals surface area contributed by atoms with Crippen LogP contribution in [0.3, 0.4) is 0 Å². The standard InChI is InChI=1S/C11H12BrCl2NO3S/c12-7-4-9(13)11(10(14)5-7)19(17,18)15-3-1-2-8(15)6-16/h4-5,8,16H,1-3,6H2/t8-/m0/s1. The van der Waals surface area contributed by atoms with Crippen molar-refractivity contribution in [2.45, 2.75) is 23.8 Å². The van der Waals surface area contributed by atoms with Gasteiger partial charge in [0.25, 0.3) is 0 Å². The Kier molecular flexibility index (Phi) is 4.80. The van der Waals surface area contributed by atoms with E-state index in [1.807, 2.05) is 0 Å². The summed E-state index contributed by atoms with van der Waals surface area (Å²) in [4.78, 5) is -0.0978. The zero-order valence-electron chi connectivity index (χ0n) is 9.81. The SMILES string of the molecule is O=S(=O)(c1c(Cl)cc(Br)cc1Cl)N1CCC[C@H]1CO. The van der Waals surface area contributed by atoms with Crippen LogP contribution in [0, 0.1) is 0 Å². The molecule has 4 nitrogen and oxygen atoms in total. The molecule has 0 saturated carbocycles. The van der Waals surface area contributed by atoms with Crippen LogP contribution >= 0.6 is 39.1 Å². The molecule has 1 aliphatic rings. The summed E-state index contributed by atoms with van der Waals surface area (Å²) in [5.41, 5.74) is 0. The molecule has 1 heterocycles. The molecular weight excluding hydrogens is 377 g/mol. The van der Waals surface area contributed by atoms with Crippen molar-refractivity contribution in [3.8, 4) is 0 Å². The van der Waals surface area contributed by atoms with Gasteiger partial charge in [-0.3, -0.25) is 0 Å². The molecule has 0 spiro atoms. The third kappa shape index (κ3) is 2.94. The molecule has 1 fully saturated rings. The molecule has 0 unspecified atom stereocenters. The minimum Gasteiger partial charge on any atom is -0.395 e. The molecule has 106 valence electrons.